The van der Waals surface area contributed by atoms with Crippen LogP contribution in [0.25, 0.3) is 10.9 Å². The van der Waals surface area contributed by atoms with Gasteiger partial charge in [-0.1, -0.05) is 47.7 Å². The maximum absolute atomic E-state index is 12.9. The zero-order valence-electron chi connectivity index (χ0n) is 19.6. The Balaban J connectivity index is 1.50. The van der Waals surface area contributed by atoms with E-state index in [9.17, 15) is 18.3 Å². The number of nitrogens with one attached hydrogen (secondary N) is 2. The molecule has 8 heteroatoms. The van der Waals surface area contributed by atoms with Crippen molar-refractivity contribution in [1.29, 1.82) is 0 Å². The maximum Gasteiger partial charge on any atom is 0.322 e. The molecule has 162 valence electrons. The van der Waals surface area contributed by atoms with Crippen LogP contribution in [-0.4, -0.2) is 30.5 Å². The van der Waals surface area contributed by atoms with Gasteiger partial charge in [-0.15, -0.1) is 11.3 Å². The lowest BCUT2D eigenvalue weighted by atomic mass is 10.1. The molecule has 0 fully saturated rings. The van der Waals surface area contributed by atoms with Crippen LogP contribution in [0.1, 0.15) is 25.7 Å². The molecule has 1 atom stereocenters. The zero-order valence-corrected chi connectivity index (χ0v) is 18.3. The van der Waals surface area contributed by atoms with E-state index in [1.165, 1.54) is 18.2 Å². The van der Waals surface area contributed by atoms with Gasteiger partial charge in [-0.25, -0.2) is 8.42 Å². The fourth-order valence-electron chi connectivity index (χ4n) is 3.16. The molecule has 2 aromatic carbocycles. The van der Waals surface area contributed by atoms with Crippen LogP contribution in [0.15, 0.2) is 71.1 Å². The average Bonchev–Trinajstić information content (AvgIpc) is 3.45. The first-order chi connectivity index (χ1) is 16.5. The number of carboxylic acid groups (broad SMARTS) is 1. The number of rotatable bonds is 6. The monoisotopic (exact) mass is 467 g/mol. The van der Waals surface area contributed by atoms with Crippen molar-refractivity contribution in [3.05, 3.63) is 88.4 Å². The van der Waals surface area contributed by atoms with Crippen molar-refractivity contribution in [3.63, 3.8) is 0 Å². The highest BCUT2D eigenvalue weighted by molar-refractivity contribution is 7.91. The number of sulfonamides is 1. The minimum Gasteiger partial charge on any atom is -0.480 e. The van der Waals surface area contributed by atoms with Gasteiger partial charge in [-0.3, -0.25) is 4.79 Å². The molecule has 0 saturated heterocycles. The quantitative estimate of drug-likeness (QED) is 0.374. The van der Waals surface area contributed by atoms with Crippen molar-refractivity contribution in [2.24, 2.45) is 0 Å². The third-order valence-corrected chi connectivity index (χ3v) is 7.72. The minimum absolute atomic E-state index is 0.0249. The summed E-state index contributed by atoms with van der Waals surface area (Å²) in [7, 11) is -4.10. The van der Waals surface area contributed by atoms with Crippen LogP contribution in [0.3, 0.4) is 0 Å². The second-order valence-electron chi connectivity index (χ2n) is 7.02. The predicted molar refractivity (Wildman–Crippen MR) is 125 cm³/mol. The van der Waals surface area contributed by atoms with Crippen LogP contribution >= 0.6 is 11.3 Å². The number of hydrogen-bond donors (Lipinski definition) is 3. The number of carbonyl (C=O) groups is 1. The highest BCUT2D eigenvalue weighted by Gasteiger charge is 2.27. The summed E-state index contributed by atoms with van der Waals surface area (Å²) in [6, 6.07) is 15.1. The molecule has 4 aromatic rings. The van der Waals surface area contributed by atoms with Crippen LogP contribution in [0, 0.1) is 18.7 Å². The lowest BCUT2D eigenvalue weighted by molar-refractivity contribution is -0.138. The van der Waals surface area contributed by atoms with Crippen LogP contribution in [0.5, 0.6) is 0 Å². The lowest BCUT2D eigenvalue weighted by Crippen LogP contribution is -2.41. The van der Waals surface area contributed by atoms with E-state index in [-0.39, 0.29) is 16.2 Å². The summed E-state index contributed by atoms with van der Waals surface area (Å²) in [5.74, 6) is 4.45. The van der Waals surface area contributed by atoms with E-state index < -0.39 is 28.9 Å². The van der Waals surface area contributed by atoms with Gasteiger partial charge in [0.15, 0.2) is 0 Å². The van der Waals surface area contributed by atoms with E-state index in [0.29, 0.717) is 16.0 Å². The Morgan fingerprint density at radius 2 is 1.94 bits per heavy atom. The molecule has 6 nitrogen and oxygen atoms in total. The fourth-order valence-corrected chi connectivity index (χ4v) is 5.53. The van der Waals surface area contributed by atoms with E-state index >= 15 is 0 Å². The zero-order chi connectivity index (χ0) is 25.2. The van der Waals surface area contributed by atoms with Crippen LogP contribution < -0.4 is 4.72 Å². The number of hydrogen-bond acceptors (Lipinski definition) is 4. The summed E-state index contributed by atoms with van der Waals surface area (Å²) >= 11 is 0.918. The van der Waals surface area contributed by atoms with Gasteiger partial charge >= 0.3 is 5.97 Å². The summed E-state index contributed by atoms with van der Waals surface area (Å²) in [5.41, 5.74) is 2.32. The van der Waals surface area contributed by atoms with Gasteiger partial charge in [-0.05, 0) is 42.7 Å². The molecular formula is C24H20N2O4S2. The number of aryl methyl sites for hydroxylation is 1. The SMILES string of the molecule is [2H]C([2H])([2H])c1ccc(C#Cc2ccc(S(=O)(=O)N[C@@H](Cc3c[nH]c4ccccc34)C(=O)O)s2)cc1. The summed E-state index contributed by atoms with van der Waals surface area (Å²) in [6.07, 6.45) is 1.65. The number of aliphatic carboxylic acids is 1. The van der Waals surface area contributed by atoms with Crippen molar-refractivity contribution in [1.82, 2.24) is 9.71 Å². The van der Waals surface area contributed by atoms with Crippen LogP contribution in [0.4, 0.5) is 0 Å². The highest BCUT2D eigenvalue weighted by Crippen LogP contribution is 2.23. The lowest BCUT2D eigenvalue weighted by Gasteiger charge is -2.13. The maximum atomic E-state index is 12.9. The molecular weight excluding hydrogens is 444 g/mol. The van der Waals surface area contributed by atoms with E-state index in [0.717, 1.165) is 22.2 Å². The number of aromatic amines is 1. The van der Waals surface area contributed by atoms with Crippen LogP contribution in [0.2, 0.25) is 0 Å². The van der Waals surface area contributed by atoms with Gasteiger partial charge in [0.05, 0.1) is 4.88 Å². The first-order valence-electron chi connectivity index (χ1n) is 11.1. The summed E-state index contributed by atoms with van der Waals surface area (Å²) in [4.78, 5) is 15.4. The fraction of sp³-hybridized carbons (Fsp3) is 0.125. The van der Waals surface area contributed by atoms with Gasteiger partial charge in [0.2, 0.25) is 0 Å². The Morgan fingerprint density at radius 1 is 1.16 bits per heavy atom. The first-order valence-corrected chi connectivity index (χ1v) is 11.9. The Hall–Kier alpha value is -3.38. The molecule has 0 bridgehead atoms. The Morgan fingerprint density at radius 3 is 2.69 bits per heavy atom. The number of H-pyrrole nitrogens is 1. The second kappa shape index (κ2) is 9.01. The molecule has 2 heterocycles. The molecule has 0 aliphatic carbocycles. The summed E-state index contributed by atoms with van der Waals surface area (Å²) in [6.45, 7) is -2.20. The largest absolute Gasteiger partial charge is 0.480 e. The first kappa shape index (κ1) is 18.2. The van der Waals surface area contributed by atoms with E-state index in [1.54, 1.807) is 24.4 Å². The average molecular weight is 468 g/mol. The number of aromatic nitrogens is 1. The van der Waals surface area contributed by atoms with E-state index in [4.69, 9.17) is 4.11 Å². The van der Waals surface area contributed by atoms with E-state index in [1.807, 2.05) is 24.3 Å². The number of para-hydroxylation sites is 1. The molecule has 0 aliphatic heterocycles. The number of fused-ring (bicyclic) bond motifs is 1. The second-order valence-corrected chi connectivity index (χ2v) is 10.0. The van der Waals surface area contributed by atoms with Gasteiger partial charge in [0.1, 0.15) is 10.3 Å². The highest BCUT2D eigenvalue weighted by atomic mass is 32.2. The molecule has 0 spiro atoms. The minimum atomic E-state index is -4.10. The Labute approximate surface area is 194 Å². The molecule has 3 N–H and O–H groups in total. The molecule has 2 aromatic heterocycles. The van der Waals surface area contributed by atoms with Gasteiger partial charge < -0.3 is 10.1 Å². The third-order valence-electron chi connectivity index (χ3n) is 4.76. The van der Waals surface area contributed by atoms with Crippen LogP contribution in [-0.2, 0) is 21.2 Å². The van der Waals surface area contributed by atoms with Gasteiger partial charge in [-0.2, -0.15) is 4.72 Å². The molecule has 0 aliphatic rings. The van der Waals surface area contributed by atoms with Crippen molar-refractivity contribution in [2.75, 3.05) is 0 Å². The van der Waals surface area contributed by atoms with Crippen molar-refractivity contribution in [3.8, 4) is 11.8 Å². The molecule has 32 heavy (non-hydrogen) atoms. The predicted octanol–water partition coefficient (Wildman–Crippen LogP) is 3.91. The number of carboxylic acids is 1. The Bertz CT molecular complexity index is 1540. The molecule has 4 rings (SSSR count). The van der Waals surface area contributed by atoms with Crippen molar-refractivity contribution in [2.45, 2.75) is 23.5 Å². The molecule has 0 unspecified atom stereocenters. The van der Waals surface area contributed by atoms with Crippen molar-refractivity contribution >= 4 is 38.2 Å². The summed E-state index contributed by atoms with van der Waals surface area (Å²) < 4.78 is 50.2. The summed E-state index contributed by atoms with van der Waals surface area (Å²) in [5, 5.41) is 10.5. The topological polar surface area (TPSA) is 99.3 Å². The number of benzene rings is 2. The van der Waals surface area contributed by atoms with Gasteiger partial charge in [0.25, 0.3) is 10.0 Å². The molecule has 0 amide bonds. The Kier molecular flexibility index (Phi) is 5.13. The molecule has 0 radical (unpaired) electrons. The molecule has 0 saturated carbocycles. The standard InChI is InChI=1S/C24H20N2O4S2/c1-16-6-8-17(9-7-16)10-11-19-12-13-23(31-19)32(29,30)26-22(24(27)28)14-18-15-25-21-5-3-2-4-20(18)21/h2-9,12-13,15,22,25-26H,14H2,1H3,(H,27,28)/t22-/m0/s1/i1D3. The van der Waals surface area contributed by atoms with Crippen molar-refractivity contribution < 1.29 is 22.4 Å². The van der Waals surface area contributed by atoms with Gasteiger partial charge in [0, 0.05) is 33.2 Å². The third kappa shape index (κ3) is 4.92. The van der Waals surface area contributed by atoms with E-state index in [2.05, 4.69) is 21.5 Å². The normalized spacial score (nSPS) is 14.1. The smallest absolute Gasteiger partial charge is 0.322 e. The number of thiophene rings is 1.